The fourth-order valence-electron chi connectivity index (χ4n) is 4.88. The molecule has 0 aliphatic carbocycles. The molecule has 0 unspecified atom stereocenters. The molecule has 11 nitrogen and oxygen atoms in total. The van der Waals surface area contributed by atoms with E-state index in [2.05, 4.69) is 25.5 Å². The number of ether oxygens (including phenoxy) is 3. The fourth-order valence-corrected chi connectivity index (χ4v) is 4.88. The van der Waals surface area contributed by atoms with Crippen molar-refractivity contribution >= 4 is 34.4 Å². The number of benzene rings is 1. The van der Waals surface area contributed by atoms with Crippen LogP contribution in [0.25, 0.3) is 11.0 Å². The Balaban J connectivity index is 1.08. The van der Waals surface area contributed by atoms with E-state index < -0.39 is 11.9 Å². The van der Waals surface area contributed by atoms with Gasteiger partial charge in [-0.3, -0.25) is 19.6 Å². The lowest BCUT2D eigenvalue weighted by atomic mass is 10.1. The average molecular weight is 509 g/mol. The van der Waals surface area contributed by atoms with Gasteiger partial charge in [0.2, 0.25) is 5.88 Å². The minimum absolute atomic E-state index is 0.0282. The molecule has 12 heteroatoms. The Morgan fingerprint density at radius 2 is 2.08 bits per heavy atom. The number of halogens is 1. The number of anilines is 2. The Kier molecular flexibility index (Phi) is 5.97. The summed E-state index contributed by atoms with van der Waals surface area (Å²) in [5.74, 6) is 0.318. The van der Waals surface area contributed by atoms with E-state index in [4.69, 9.17) is 14.2 Å². The summed E-state index contributed by atoms with van der Waals surface area (Å²) in [5.41, 5.74) is 2.70. The van der Waals surface area contributed by atoms with E-state index in [-0.39, 0.29) is 31.2 Å². The van der Waals surface area contributed by atoms with Crippen molar-refractivity contribution in [3.8, 4) is 11.6 Å². The van der Waals surface area contributed by atoms with Crippen molar-refractivity contribution in [3.05, 3.63) is 47.9 Å². The summed E-state index contributed by atoms with van der Waals surface area (Å²) in [4.78, 5) is 36.5. The second-order valence-corrected chi connectivity index (χ2v) is 9.22. The van der Waals surface area contributed by atoms with Crippen LogP contribution < -0.4 is 25.0 Å². The zero-order valence-corrected chi connectivity index (χ0v) is 20.1. The highest BCUT2D eigenvalue weighted by molar-refractivity contribution is 5.97. The molecule has 0 spiro atoms. The number of aromatic nitrogens is 2. The molecule has 2 N–H and O–H groups in total. The van der Waals surface area contributed by atoms with Crippen LogP contribution in [0, 0.1) is 5.82 Å². The number of likely N-dealkylation sites (tertiary alicyclic amines) is 1. The molecule has 5 heterocycles. The summed E-state index contributed by atoms with van der Waals surface area (Å²) in [6.07, 6.45) is 0.788. The van der Waals surface area contributed by atoms with E-state index in [0.717, 1.165) is 13.1 Å². The van der Waals surface area contributed by atoms with Gasteiger partial charge in [0, 0.05) is 49.5 Å². The van der Waals surface area contributed by atoms with Crippen molar-refractivity contribution in [3.63, 3.8) is 0 Å². The molecule has 0 radical (unpaired) electrons. The predicted molar refractivity (Wildman–Crippen MR) is 131 cm³/mol. The van der Waals surface area contributed by atoms with Gasteiger partial charge >= 0.3 is 6.09 Å². The summed E-state index contributed by atoms with van der Waals surface area (Å²) >= 11 is 0. The van der Waals surface area contributed by atoms with Gasteiger partial charge in [0.25, 0.3) is 5.91 Å². The third-order valence-corrected chi connectivity index (χ3v) is 6.78. The normalized spacial score (nSPS) is 19.7. The molecule has 0 bridgehead atoms. The minimum Gasteiger partial charge on any atom is -0.482 e. The van der Waals surface area contributed by atoms with Crippen LogP contribution in [0.1, 0.15) is 5.56 Å². The Hall–Kier alpha value is -4.03. The molecule has 2 saturated heterocycles. The van der Waals surface area contributed by atoms with Gasteiger partial charge in [-0.25, -0.2) is 14.2 Å². The summed E-state index contributed by atoms with van der Waals surface area (Å²) in [5, 5.41) is 6.16. The SMILES string of the molecule is COc1ccc2ncc(F)c(CNC3CN(C[C@H]4COC(=O)N4c4ccc5c(c4)NC(=O)CO5)C3)c2n1. The molecule has 1 atom stereocenters. The molecule has 3 aromatic rings. The van der Waals surface area contributed by atoms with Crippen molar-refractivity contribution < 1.29 is 28.2 Å². The minimum atomic E-state index is -0.425. The Morgan fingerprint density at radius 1 is 1.22 bits per heavy atom. The summed E-state index contributed by atoms with van der Waals surface area (Å²) < 4.78 is 30.5. The second kappa shape index (κ2) is 9.45. The Bertz CT molecular complexity index is 1380. The first-order valence-corrected chi connectivity index (χ1v) is 11.9. The largest absolute Gasteiger partial charge is 0.482 e. The highest BCUT2D eigenvalue weighted by Gasteiger charge is 2.38. The standard InChI is InChI=1S/C25H25FN6O5/c1-35-23-5-3-19-24(30-23)17(18(26)8-28-19)7-27-14-9-31(10-14)11-16-12-37-25(34)32(16)15-2-4-21-20(6-15)29-22(33)13-36-21/h2-6,8,14,16,27H,7,9-13H2,1H3,(H,29,33)/t16-/m0/s1. The Labute approximate surface area is 211 Å². The number of nitrogens with one attached hydrogen (secondary N) is 2. The molecular weight excluding hydrogens is 483 g/mol. The number of hydrogen-bond donors (Lipinski definition) is 2. The number of rotatable bonds is 7. The lowest BCUT2D eigenvalue weighted by Gasteiger charge is -2.41. The lowest BCUT2D eigenvalue weighted by Crippen LogP contribution is -2.60. The van der Waals surface area contributed by atoms with E-state index >= 15 is 0 Å². The van der Waals surface area contributed by atoms with Crippen molar-refractivity contribution in [1.82, 2.24) is 20.2 Å². The van der Waals surface area contributed by atoms with Gasteiger partial charge in [-0.1, -0.05) is 0 Å². The number of carbonyl (C=O) groups excluding carboxylic acids is 2. The second-order valence-electron chi connectivity index (χ2n) is 9.22. The molecule has 3 aliphatic rings. The summed E-state index contributed by atoms with van der Waals surface area (Å²) in [6.45, 7) is 2.66. The van der Waals surface area contributed by atoms with Crippen LogP contribution in [0.5, 0.6) is 11.6 Å². The number of amides is 2. The fraction of sp³-hybridized carbons (Fsp3) is 0.360. The topological polar surface area (TPSA) is 118 Å². The van der Waals surface area contributed by atoms with Gasteiger partial charge in [-0.2, -0.15) is 0 Å². The van der Waals surface area contributed by atoms with Gasteiger partial charge in [0.05, 0.1) is 30.6 Å². The van der Waals surface area contributed by atoms with E-state index in [1.165, 1.54) is 13.3 Å². The van der Waals surface area contributed by atoms with Crippen LogP contribution in [-0.4, -0.2) is 78.9 Å². The third-order valence-electron chi connectivity index (χ3n) is 6.78. The third kappa shape index (κ3) is 4.49. The van der Waals surface area contributed by atoms with Crippen LogP contribution in [-0.2, 0) is 16.1 Å². The molecule has 192 valence electrons. The number of hydrogen-bond acceptors (Lipinski definition) is 9. The molecule has 2 aromatic heterocycles. The first-order valence-electron chi connectivity index (χ1n) is 11.9. The number of carbonyl (C=O) groups is 2. The summed E-state index contributed by atoms with van der Waals surface area (Å²) in [7, 11) is 1.52. The molecular formula is C25H25FN6O5. The van der Waals surface area contributed by atoms with E-state index in [1.807, 2.05) is 0 Å². The number of cyclic esters (lactones) is 1. The average Bonchev–Trinajstić information content (AvgIpc) is 3.25. The molecule has 3 aliphatic heterocycles. The molecule has 2 fully saturated rings. The van der Waals surface area contributed by atoms with Crippen LogP contribution in [0.4, 0.5) is 20.6 Å². The van der Waals surface area contributed by atoms with Gasteiger partial charge in [-0.15, -0.1) is 0 Å². The lowest BCUT2D eigenvalue weighted by molar-refractivity contribution is -0.118. The number of methoxy groups -OCH3 is 1. The predicted octanol–water partition coefficient (Wildman–Crippen LogP) is 1.91. The Morgan fingerprint density at radius 3 is 2.92 bits per heavy atom. The first kappa shape index (κ1) is 23.4. The van der Waals surface area contributed by atoms with E-state index in [9.17, 15) is 14.0 Å². The van der Waals surface area contributed by atoms with Crippen LogP contribution in [0.2, 0.25) is 0 Å². The van der Waals surface area contributed by atoms with Crippen molar-refractivity contribution in [2.75, 3.05) is 50.2 Å². The zero-order chi connectivity index (χ0) is 25.5. The zero-order valence-electron chi connectivity index (χ0n) is 20.1. The van der Waals surface area contributed by atoms with Crippen LogP contribution in [0.3, 0.4) is 0 Å². The van der Waals surface area contributed by atoms with Gasteiger partial charge in [0.1, 0.15) is 23.7 Å². The van der Waals surface area contributed by atoms with E-state index in [0.29, 0.717) is 52.7 Å². The van der Waals surface area contributed by atoms with Crippen molar-refractivity contribution in [2.45, 2.75) is 18.6 Å². The first-order chi connectivity index (χ1) is 18.0. The van der Waals surface area contributed by atoms with E-state index in [1.54, 1.807) is 35.2 Å². The molecule has 0 saturated carbocycles. The molecule has 2 amide bonds. The molecule has 37 heavy (non-hydrogen) atoms. The van der Waals surface area contributed by atoms with Crippen LogP contribution in [0.15, 0.2) is 36.5 Å². The van der Waals surface area contributed by atoms with Crippen molar-refractivity contribution in [2.24, 2.45) is 0 Å². The molecule has 1 aromatic carbocycles. The smallest absolute Gasteiger partial charge is 0.414 e. The quantitative estimate of drug-likeness (QED) is 0.493. The number of nitrogens with zero attached hydrogens (tertiary/aromatic N) is 4. The molecule has 6 rings (SSSR count). The van der Waals surface area contributed by atoms with Crippen LogP contribution >= 0.6 is 0 Å². The van der Waals surface area contributed by atoms with Gasteiger partial charge in [0.15, 0.2) is 6.61 Å². The number of pyridine rings is 2. The van der Waals surface area contributed by atoms with Gasteiger partial charge in [-0.05, 0) is 24.3 Å². The highest BCUT2D eigenvalue weighted by Crippen LogP contribution is 2.34. The highest BCUT2D eigenvalue weighted by atomic mass is 19.1. The maximum atomic E-state index is 14.6. The summed E-state index contributed by atoms with van der Waals surface area (Å²) in [6, 6.07) is 8.69. The van der Waals surface area contributed by atoms with Gasteiger partial charge < -0.3 is 24.8 Å². The maximum Gasteiger partial charge on any atom is 0.414 e. The monoisotopic (exact) mass is 508 g/mol. The maximum absolute atomic E-state index is 14.6. The number of fused-ring (bicyclic) bond motifs is 2. The van der Waals surface area contributed by atoms with Crippen molar-refractivity contribution in [1.29, 1.82) is 0 Å².